The lowest BCUT2D eigenvalue weighted by molar-refractivity contribution is 0.593. The highest BCUT2D eigenvalue weighted by Crippen LogP contribution is 2.14. The normalized spacial score (nSPS) is 10.8. The van der Waals surface area contributed by atoms with Gasteiger partial charge in [-0.05, 0) is 44.4 Å². The Kier molecular flexibility index (Phi) is 4.15. The van der Waals surface area contributed by atoms with Crippen LogP contribution in [0.5, 0.6) is 0 Å². The van der Waals surface area contributed by atoms with E-state index in [1.54, 1.807) is 0 Å². The number of hydrogen-bond acceptors (Lipinski definition) is 2. The summed E-state index contributed by atoms with van der Waals surface area (Å²) in [7, 11) is 0. The third kappa shape index (κ3) is 2.79. The first kappa shape index (κ1) is 12.8. The predicted molar refractivity (Wildman–Crippen MR) is 74.6 cm³/mol. The molecule has 0 aliphatic carbocycles. The standard InChI is InChI=1S/C15H21N3/c1-12-15(8-10-16)13(2)18(17-12)11-9-14-6-4-3-5-7-14/h3-7H,8-11,16H2,1-2H3. The van der Waals surface area contributed by atoms with Crippen molar-refractivity contribution in [2.24, 2.45) is 5.73 Å². The number of aromatic nitrogens is 2. The summed E-state index contributed by atoms with van der Waals surface area (Å²) in [6.07, 6.45) is 1.94. The molecule has 3 heteroatoms. The van der Waals surface area contributed by atoms with Crippen LogP contribution in [0.3, 0.4) is 0 Å². The van der Waals surface area contributed by atoms with Crippen LogP contribution in [0.2, 0.25) is 0 Å². The minimum atomic E-state index is 0.687. The number of benzene rings is 1. The fraction of sp³-hybridized carbons (Fsp3) is 0.400. The van der Waals surface area contributed by atoms with Gasteiger partial charge in [0.05, 0.1) is 5.69 Å². The van der Waals surface area contributed by atoms with Crippen LogP contribution >= 0.6 is 0 Å². The Morgan fingerprint density at radius 2 is 1.83 bits per heavy atom. The summed E-state index contributed by atoms with van der Waals surface area (Å²) in [5, 5.41) is 4.60. The van der Waals surface area contributed by atoms with Crippen molar-refractivity contribution in [2.75, 3.05) is 6.54 Å². The van der Waals surface area contributed by atoms with Gasteiger partial charge in [0.1, 0.15) is 0 Å². The molecule has 0 aliphatic rings. The van der Waals surface area contributed by atoms with Crippen molar-refractivity contribution in [1.29, 1.82) is 0 Å². The van der Waals surface area contributed by atoms with Crippen molar-refractivity contribution in [2.45, 2.75) is 33.2 Å². The number of aryl methyl sites for hydroxylation is 3. The molecule has 0 spiro atoms. The molecule has 1 heterocycles. The molecule has 2 aromatic rings. The van der Waals surface area contributed by atoms with Crippen LogP contribution < -0.4 is 5.73 Å². The lowest BCUT2D eigenvalue weighted by Gasteiger charge is -2.05. The molecule has 0 radical (unpaired) electrons. The van der Waals surface area contributed by atoms with E-state index in [-0.39, 0.29) is 0 Å². The number of nitrogens with zero attached hydrogens (tertiary/aromatic N) is 2. The summed E-state index contributed by atoms with van der Waals surface area (Å²) in [6, 6.07) is 10.5. The number of nitrogens with two attached hydrogens (primary N) is 1. The third-order valence-electron chi connectivity index (χ3n) is 3.38. The largest absolute Gasteiger partial charge is 0.330 e. The average Bonchev–Trinajstić information content (AvgIpc) is 2.66. The smallest absolute Gasteiger partial charge is 0.0628 e. The van der Waals surface area contributed by atoms with E-state index >= 15 is 0 Å². The zero-order valence-electron chi connectivity index (χ0n) is 11.2. The van der Waals surface area contributed by atoms with Gasteiger partial charge in [0.25, 0.3) is 0 Å². The minimum absolute atomic E-state index is 0.687. The van der Waals surface area contributed by atoms with Crippen LogP contribution in [-0.2, 0) is 19.4 Å². The van der Waals surface area contributed by atoms with E-state index < -0.39 is 0 Å². The zero-order valence-corrected chi connectivity index (χ0v) is 11.2. The molecular formula is C15H21N3. The number of hydrogen-bond donors (Lipinski definition) is 1. The van der Waals surface area contributed by atoms with Gasteiger partial charge in [-0.25, -0.2) is 0 Å². The van der Waals surface area contributed by atoms with Gasteiger partial charge in [-0.15, -0.1) is 0 Å². The van der Waals surface area contributed by atoms with Crippen molar-refractivity contribution in [3.63, 3.8) is 0 Å². The first-order valence-corrected chi connectivity index (χ1v) is 6.49. The summed E-state index contributed by atoms with van der Waals surface area (Å²) in [5.74, 6) is 0. The lowest BCUT2D eigenvalue weighted by atomic mass is 10.1. The maximum absolute atomic E-state index is 5.64. The molecule has 0 aliphatic heterocycles. The molecule has 1 aromatic heterocycles. The minimum Gasteiger partial charge on any atom is -0.330 e. The molecule has 1 aromatic carbocycles. The Labute approximate surface area is 109 Å². The van der Waals surface area contributed by atoms with Crippen LogP contribution in [0.4, 0.5) is 0 Å². The molecule has 0 saturated heterocycles. The van der Waals surface area contributed by atoms with Gasteiger partial charge >= 0.3 is 0 Å². The van der Waals surface area contributed by atoms with Crippen molar-refractivity contribution in [3.05, 3.63) is 52.8 Å². The fourth-order valence-corrected chi connectivity index (χ4v) is 2.34. The van der Waals surface area contributed by atoms with Crippen molar-refractivity contribution >= 4 is 0 Å². The van der Waals surface area contributed by atoms with Gasteiger partial charge in [-0.1, -0.05) is 30.3 Å². The van der Waals surface area contributed by atoms with Gasteiger partial charge < -0.3 is 5.73 Å². The monoisotopic (exact) mass is 243 g/mol. The number of rotatable bonds is 5. The molecule has 0 amide bonds. The predicted octanol–water partition coefficient (Wildman–Crippen LogP) is 2.24. The van der Waals surface area contributed by atoms with Crippen LogP contribution in [-0.4, -0.2) is 16.3 Å². The van der Waals surface area contributed by atoms with E-state index in [9.17, 15) is 0 Å². The van der Waals surface area contributed by atoms with Gasteiger partial charge in [0, 0.05) is 12.2 Å². The molecule has 2 N–H and O–H groups in total. The zero-order chi connectivity index (χ0) is 13.0. The molecule has 0 atom stereocenters. The summed E-state index contributed by atoms with van der Waals surface area (Å²) in [5.41, 5.74) is 10.7. The Morgan fingerprint density at radius 3 is 2.50 bits per heavy atom. The maximum atomic E-state index is 5.64. The second-order valence-corrected chi connectivity index (χ2v) is 4.65. The van der Waals surface area contributed by atoms with E-state index in [4.69, 9.17) is 5.73 Å². The molecule has 3 nitrogen and oxygen atoms in total. The summed E-state index contributed by atoms with van der Waals surface area (Å²) >= 11 is 0. The maximum Gasteiger partial charge on any atom is 0.0628 e. The summed E-state index contributed by atoms with van der Waals surface area (Å²) in [6.45, 7) is 5.82. The van der Waals surface area contributed by atoms with Crippen LogP contribution in [0, 0.1) is 13.8 Å². The quantitative estimate of drug-likeness (QED) is 0.875. The molecule has 2 rings (SSSR count). The van der Waals surface area contributed by atoms with E-state index in [1.807, 2.05) is 6.07 Å². The summed E-state index contributed by atoms with van der Waals surface area (Å²) < 4.78 is 2.10. The van der Waals surface area contributed by atoms with E-state index in [0.717, 1.165) is 25.1 Å². The molecule has 0 fully saturated rings. The Morgan fingerprint density at radius 1 is 1.11 bits per heavy atom. The first-order valence-electron chi connectivity index (χ1n) is 6.49. The SMILES string of the molecule is Cc1nn(CCc2ccccc2)c(C)c1CCN. The van der Waals surface area contributed by atoms with Crippen LogP contribution in [0.15, 0.2) is 30.3 Å². The van der Waals surface area contributed by atoms with Gasteiger partial charge in [-0.2, -0.15) is 5.10 Å². The van der Waals surface area contributed by atoms with E-state index in [1.165, 1.54) is 16.8 Å². The first-order chi connectivity index (χ1) is 8.72. The van der Waals surface area contributed by atoms with Crippen molar-refractivity contribution < 1.29 is 0 Å². The second-order valence-electron chi connectivity index (χ2n) is 4.65. The highest BCUT2D eigenvalue weighted by atomic mass is 15.3. The lowest BCUT2D eigenvalue weighted by Crippen LogP contribution is -2.07. The van der Waals surface area contributed by atoms with E-state index in [2.05, 4.69) is 47.9 Å². The van der Waals surface area contributed by atoms with Crippen LogP contribution in [0.1, 0.15) is 22.5 Å². The Hall–Kier alpha value is -1.61. The molecule has 96 valence electrons. The van der Waals surface area contributed by atoms with Crippen molar-refractivity contribution in [1.82, 2.24) is 9.78 Å². The molecule has 18 heavy (non-hydrogen) atoms. The highest BCUT2D eigenvalue weighted by Gasteiger charge is 2.10. The molecule has 0 saturated carbocycles. The molecule has 0 bridgehead atoms. The second kappa shape index (κ2) is 5.83. The molecule has 0 unspecified atom stereocenters. The molecular weight excluding hydrogens is 222 g/mol. The highest BCUT2D eigenvalue weighted by molar-refractivity contribution is 5.25. The Balaban J connectivity index is 2.08. The van der Waals surface area contributed by atoms with Crippen LogP contribution in [0.25, 0.3) is 0 Å². The average molecular weight is 243 g/mol. The topological polar surface area (TPSA) is 43.8 Å². The third-order valence-corrected chi connectivity index (χ3v) is 3.38. The summed E-state index contributed by atoms with van der Waals surface area (Å²) in [4.78, 5) is 0. The van der Waals surface area contributed by atoms with Gasteiger partial charge in [0.2, 0.25) is 0 Å². The van der Waals surface area contributed by atoms with E-state index in [0.29, 0.717) is 6.54 Å². The Bertz CT molecular complexity index is 500. The van der Waals surface area contributed by atoms with Gasteiger partial charge in [-0.3, -0.25) is 4.68 Å². The van der Waals surface area contributed by atoms with Crippen molar-refractivity contribution in [3.8, 4) is 0 Å². The fourth-order valence-electron chi connectivity index (χ4n) is 2.34. The van der Waals surface area contributed by atoms with Gasteiger partial charge in [0.15, 0.2) is 0 Å².